The molecule has 18 heavy (non-hydrogen) atoms. The van der Waals surface area contributed by atoms with Crippen molar-refractivity contribution in [3.05, 3.63) is 28.8 Å². The molecule has 0 aliphatic carbocycles. The summed E-state index contributed by atoms with van der Waals surface area (Å²) < 4.78 is 25.2. The van der Waals surface area contributed by atoms with E-state index >= 15 is 0 Å². The van der Waals surface area contributed by atoms with E-state index in [4.69, 9.17) is 16.7 Å². The van der Waals surface area contributed by atoms with Gasteiger partial charge in [0.2, 0.25) is 10.0 Å². The van der Waals surface area contributed by atoms with Crippen molar-refractivity contribution in [2.24, 2.45) is 0 Å². The summed E-state index contributed by atoms with van der Waals surface area (Å²) in [6.07, 6.45) is -1.11. The summed E-state index contributed by atoms with van der Waals surface area (Å²) in [5.74, 6) is 0. The molecule has 0 radical (unpaired) electrons. The molecule has 0 saturated carbocycles. The van der Waals surface area contributed by atoms with Crippen molar-refractivity contribution in [1.82, 2.24) is 4.31 Å². The highest BCUT2D eigenvalue weighted by Gasteiger charge is 2.23. The molecule has 0 aromatic heterocycles. The highest BCUT2D eigenvalue weighted by atomic mass is 35.5. The molecule has 0 saturated heterocycles. The largest absolute Gasteiger partial charge is 0.394 e. The van der Waals surface area contributed by atoms with Crippen LogP contribution in [-0.2, 0) is 10.0 Å². The molecule has 0 amide bonds. The first-order valence-electron chi connectivity index (χ1n) is 5.30. The quantitative estimate of drug-likeness (QED) is 0.834. The van der Waals surface area contributed by atoms with Crippen LogP contribution >= 0.6 is 11.6 Å². The van der Waals surface area contributed by atoms with Crippen molar-refractivity contribution in [2.45, 2.75) is 17.9 Å². The van der Waals surface area contributed by atoms with Crippen molar-refractivity contribution in [3.8, 4) is 0 Å². The molecule has 0 aliphatic rings. The Labute approximate surface area is 112 Å². The summed E-state index contributed by atoms with van der Waals surface area (Å²) in [6, 6.07) is 4.44. The van der Waals surface area contributed by atoms with E-state index in [1.165, 1.54) is 19.2 Å². The number of sulfonamides is 1. The van der Waals surface area contributed by atoms with Crippen molar-refractivity contribution in [2.75, 3.05) is 20.2 Å². The van der Waals surface area contributed by atoms with Gasteiger partial charge in [-0.3, -0.25) is 0 Å². The molecular formula is C11H16ClNO4S. The number of aryl methyl sites for hydroxylation is 1. The fraction of sp³-hybridized carbons (Fsp3) is 0.455. The molecule has 0 aliphatic heterocycles. The van der Waals surface area contributed by atoms with Crippen LogP contribution in [0, 0.1) is 6.92 Å². The van der Waals surface area contributed by atoms with Crippen LogP contribution in [0.15, 0.2) is 23.1 Å². The minimum Gasteiger partial charge on any atom is -0.394 e. The number of hydrogen-bond donors (Lipinski definition) is 2. The van der Waals surface area contributed by atoms with Gasteiger partial charge in [0.25, 0.3) is 0 Å². The second-order valence-corrected chi connectivity index (χ2v) is 6.49. The van der Waals surface area contributed by atoms with Crippen LogP contribution in [0.5, 0.6) is 0 Å². The Morgan fingerprint density at radius 1 is 1.44 bits per heavy atom. The molecule has 1 aromatic rings. The van der Waals surface area contributed by atoms with Crippen LogP contribution in [0.2, 0.25) is 5.02 Å². The van der Waals surface area contributed by atoms with Gasteiger partial charge in [0.05, 0.1) is 17.6 Å². The predicted octanol–water partition coefficient (Wildman–Crippen LogP) is 0.622. The third-order valence-corrected chi connectivity index (χ3v) is 4.76. The van der Waals surface area contributed by atoms with Crippen LogP contribution in [0.4, 0.5) is 0 Å². The number of nitrogens with zero attached hydrogens (tertiary/aromatic N) is 1. The molecular weight excluding hydrogens is 278 g/mol. The lowest BCUT2D eigenvalue weighted by Gasteiger charge is -2.19. The highest BCUT2D eigenvalue weighted by Crippen LogP contribution is 2.22. The second-order valence-electron chi connectivity index (χ2n) is 4.03. The Morgan fingerprint density at radius 2 is 2.06 bits per heavy atom. The molecule has 0 heterocycles. The Bertz CT molecular complexity index is 518. The lowest BCUT2D eigenvalue weighted by atomic mass is 10.2. The van der Waals surface area contributed by atoms with E-state index in [-0.39, 0.29) is 11.4 Å². The van der Waals surface area contributed by atoms with Crippen molar-refractivity contribution < 1.29 is 18.6 Å². The van der Waals surface area contributed by atoms with Crippen molar-refractivity contribution in [3.63, 3.8) is 0 Å². The maximum atomic E-state index is 12.1. The van der Waals surface area contributed by atoms with E-state index in [0.29, 0.717) is 5.02 Å². The number of halogens is 1. The Kier molecular flexibility index (Phi) is 5.12. The Morgan fingerprint density at radius 3 is 2.56 bits per heavy atom. The third kappa shape index (κ3) is 3.43. The first kappa shape index (κ1) is 15.4. The standard InChI is InChI=1S/C11H16ClNO4S/c1-8-3-4-10(5-11(8)12)18(16,17)13(2)6-9(15)7-14/h3-5,9,14-15H,6-7H2,1-2H3. The molecule has 0 bridgehead atoms. The number of benzene rings is 1. The first-order chi connectivity index (χ1) is 8.28. The first-order valence-corrected chi connectivity index (χ1v) is 7.12. The number of likely N-dealkylation sites (N-methyl/N-ethyl adjacent to an activating group) is 1. The van der Waals surface area contributed by atoms with Gasteiger partial charge in [-0.1, -0.05) is 17.7 Å². The van der Waals surface area contributed by atoms with Gasteiger partial charge in [-0.05, 0) is 24.6 Å². The fourth-order valence-electron chi connectivity index (χ4n) is 1.37. The SMILES string of the molecule is Cc1ccc(S(=O)(=O)N(C)CC(O)CO)cc1Cl. The van der Waals surface area contributed by atoms with E-state index < -0.39 is 22.7 Å². The minimum absolute atomic E-state index is 0.0609. The van der Waals surface area contributed by atoms with E-state index in [0.717, 1.165) is 9.87 Å². The van der Waals surface area contributed by atoms with Gasteiger partial charge in [0.1, 0.15) is 0 Å². The van der Waals surface area contributed by atoms with Gasteiger partial charge in [0, 0.05) is 18.6 Å². The summed E-state index contributed by atoms with van der Waals surface area (Å²) in [6.45, 7) is 1.11. The molecule has 1 unspecified atom stereocenters. The molecule has 0 spiro atoms. The number of rotatable bonds is 5. The van der Waals surface area contributed by atoms with E-state index in [1.807, 2.05) is 0 Å². The smallest absolute Gasteiger partial charge is 0.242 e. The lowest BCUT2D eigenvalue weighted by Crippen LogP contribution is -2.35. The average Bonchev–Trinajstić information content (AvgIpc) is 2.32. The van der Waals surface area contributed by atoms with E-state index in [9.17, 15) is 13.5 Å². The molecule has 7 heteroatoms. The fourth-order valence-corrected chi connectivity index (χ4v) is 2.85. The van der Waals surface area contributed by atoms with Gasteiger partial charge in [-0.2, -0.15) is 4.31 Å². The molecule has 1 aromatic carbocycles. The van der Waals surface area contributed by atoms with Crippen LogP contribution < -0.4 is 0 Å². The maximum Gasteiger partial charge on any atom is 0.242 e. The summed E-state index contributed by atoms with van der Waals surface area (Å²) in [5, 5.41) is 18.3. The summed E-state index contributed by atoms with van der Waals surface area (Å²) in [5.41, 5.74) is 0.786. The number of aliphatic hydroxyl groups excluding tert-OH is 2. The molecule has 1 rings (SSSR count). The van der Waals surface area contributed by atoms with Crippen LogP contribution in [0.25, 0.3) is 0 Å². The van der Waals surface area contributed by atoms with Crippen LogP contribution in [0.1, 0.15) is 5.56 Å². The molecule has 2 N–H and O–H groups in total. The van der Waals surface area contributed by atoms with Crippen molar-refractivity contribution in [1.29, 1.82) is 0 Å². The van der Waals surface area contributed by atoms with Crippen LogP contribution in [0.3, 0.4) is 0 Å². The minimum atomic E-state index is -3.71. The monoisotopic (exact) mass is 293 g/mol. The number of hydrogen-bond acceptors (Lipinski definition) is 4. The Balaban J connectivity index is 3.02. The molecule has 5 nitrogen and oxygen atoms in total. The average molecular weight is 294 g/mol. The summed E-state index contributed by atoms with van der Waals surface area (Å²) in [7, 11) is -2.37. The van der Waals surface area contributed by atoms with Gasteiger partial charge >= 0.3 is 0 Å². The van der Waals surface area contributed by atoms with Crippen LogP contribution in [-0.4, -0.2) is 49.2 Å². The zero-order chi connectivity index (χ0) is 13.9. The maximum absolute atomic E-state index is 12.1. The lowest BCUT2D eigenvalue weighted by molar-refractivity contribution is 0.0826. The number of aliphatic hydroxyl groups is 2. The predicted molar refractivity (Wildman–Crippen MR) is 69.1 cm³/mol. The topological polar surface area (TPSA) is 77.8 Å². The Hall–Kier alpha value is -0.660. The van der Waals surface area contributed by atoms with Gasteiger partial charge in [0.15, 0.2) is 0 Å². The van der Waals surface area contributed by atoms with Gasteiger partial charge in [-0.15, -0.1) is 0 Å². The zero-order valence-corrected chi connectivity index (χ0v) is 11.7. The zero-order valence-electron chi connectivity index (χ0n) is 10.2. The summed E-state index contributed by atoms with van der Waals surface area (Å²) in [4.78, 5) is 0.0609. The molecule has 0 fully saturated rings. The van der Waals surface area contributed by atoms with Gasteiger partial charge < -0.3 is 10.2 Å². The van der Waals surface area contributed by atoms with E-state index in [2.05, 4.69) is 0 Å². The van der Waals surface area contributed by atoms with Gasteiger partial charge in [-0.25, -0.2) is 8.42 Å². The normalized spacial score (nSPS) is 13.9. The molecule has 1 atom stereocenters. The van der Waals surface area contributed by atoms with E-state index in [1.54, 1.807) is 13.0 Å². The summed E-state index contributed by atoms with van der Waals surface area (Å²) >= 11 is 5.89. The van der Waals surface area contributed by atoms with Crippen molar-refractivity contribution >= 4 is 21.6 Å². The molecule has 102 valence electrons. The third-order valence-electron chi connectivity index (χ3n) is 2.53. The highest BCUT2D eigenvalue weighted by molar-refractivity contribution is 7.89. The second kappa shape index (κ2) is 5.99.